The second-order valence-electron chi connectivity index (χ2n) is 9.85. The third kappa shape index (κ3) is 3.87. The van der Waals surface area contributed by atoms with Gasteiger partial charge < -0.3 is 15.0 Å². The van der Waals surface area contributed by atoms with Crippen LogP contribution in [0.5, 0.6) is 0 Å². The van der Waals surface area contributed by atoms with Gasteiger partial charge >= 0.3 is 0 Å². The molecule has 3 heterocycles. The third-order valence-corrected chi connectivity index (χ3v) is 7.26. The molecule has 3 aliphatic rings. The first-order chi connectivity index (χ1) is 12.2. The zero-order valence-corrected chi connectivity index (χ0v) is 17.3. The lowest BCUT2D eigenvalue weighted by atomic mass is 9.66. The molecular formula is C21H39N3O2. The second-order valence-corrected chi connectivity index (χ2v) is 9.85. The van der Waals surface area contributed by atoms with Crippen molar-refractivity contribution in [2.45, 2.75) is 77.3 Å². The van der Waals surface area contributed by atoms with Crippen LogP contribution in [-0.2, 0) is 4.79 Å². The monoisotopic (exact) mass is 365 g/mol. The van der Waals surface area contributed by atoms with Crippen LogP contribution in [0, 0.1) is 11.8 Å². The number of hydrogen-bond acceptors (Lipinski definition) is 5. The van der Waals surface area contributed by atoms with E-state index < -0.39 is 11.1 Å². The lowest BCUT2D eigenvalue weighted by molar-refractivity contribution is -0.267. The fraction of sp³-hybridized carbons (Fsp3) is 0.952. The average molecular weight is 366 g/mol. The summed E-state index contributed by atoms with van der Waals surface area (Å²) in [4.78, 5) is 18.5. The summed E-state index contributed by atoms with van der Waals surface area (Å²) < 4.78 is 0. The lowest BCUT2D eigenvalue weighted by Gasteiger charge is -2.57. The first-order valence-electron chi connectivity index (χ1n) is 10.7. The van der Waals surface area contributed by atoms with Crippen LogP contribution in [0.3, 0.4) is 0 Å². The lowest BCUT2D eigenvalue weighted by Crippen LogP contribution is -2.71. The zero-order valence-electron chi connectivity index (χ0n) is 17.3. The van der Waals surface area contributed by atoms with E-state index in [0.717, 1.165) is 39.3 Å². The van der Waals surface area contributed by atoms with Crippen LogP contribution in [-0.4, -0.2) is 76.2 Å². The Morgan fingerprint density at radius 1 is 0.769 bits per heavy atom. The normalized spacial score (nSPS) is 34.1. The maximum atomic E-state index is 13.7. The molecule has 0 aromatic rings. The fourth-order valence-corrected chi connectivity index (χ4v) is 5.40. The van der Waals surface area contributed by atoms with Gasteiger partial charge in [0.05, 0.1) is 22.9 Å². The molecule has 0 amide bonds. The van der Waals surface area contributed by atoms with Crippen molar-refractivity contribution >= 4 is 5.78 Å². The Morgan fingerprint density at radius 2 is 1.12 bits per heavy atom. The van der Waals surface area contributed by atoms with E-state index in [-0.39, 0.29) is 11.8 Å². The number of ketones is 1. The molecule has 1 N–H and O–H groups in total. The molecule has 2 unspecified atom stereocenters. The molecule has 2 atom stereocenters. The van der Waals surface area contributed by atoms with E-state index in [4.69, 9.17) is 0 Å². The van der Waals surface area contributed by atoms with Crippen molar-refractivity contribution in [1.82, 2.24) is 14.9 Å². The number of hydroxylamine groups is 2. The summed E-state index contributed by atoms with van der Waals surface area (Å²) >= 11 is 0. The van der Waals surface area contributed by atoms with Crippen LogP contribution in [0.1, 0.15) is 66.2 Å². The Morgan fingerprint density at radius 3 is 1.46 bits per heavy atom. The Hall–Kier alpha value is -0.490. The van der Waals surface area contributed by atoms with E-state index in [2.05, 4.69) is 9.80 Å². The summed E-state index contributed by atoms with van der Waals surface area (Å²) in [5, 5.41) is 12.6. The first-order valence-corrected chi connectivity index (χ1v) is 10.7. The maximum absolute atomic E-state index is 13.7. The van der Waals surface area contributed by atoms with Gasteiger partial charge in [-0.1, -0.05) is 12.8 Å². The van der Waals surface area contributed by atoms with Crippen molar-refractivity contribution in [3.63, 3.8) is 0 Å². The Labute approximate surface area is 159 Å². The van der Waals surface area contributed by atoms with Gasteiger partial charge in [0.1, 0.15) is 5.78 Å². The summed E-state index contributed by atoms with van der Waals surface area (Å²) in [7, 11) is 0. The molecule has 0 radical (unpaired) electrons. The van der Waals surface area contributed by atoms with Crippen molar-refractivity contribution in [3.8, 4) is 0 Å². The Bertz CT molecular complexity index is 451. The van der Waals surface area contributed by atoms with Crippen LogP contribution in [0.25, 0.3) is 0 Å². The standard InChI is InChI=1S/C21H39N3O2/c1-20(2)17(15-22-11-7-5-8-12-22)19(25)18(21(3,4)24(20)26)16-23-13-9-6-10-14-23/h17-18,26H,5-16H2,1-4H3. The van der Waals surface area contributed by atoms with Crippen molar-refractivity contribution in [3.05, 3.63) is 0 Å². The second kappa shape index (κ2) is 7.86. The minimum absolute atomic E-state index is 0.131. The predicted molar refractivity (Wildman–Crippen MR) is 104 cm³/mol. The molecule has 5 heteroatoms. The highest BCUT2D eigenvalue weighted by molar-refractivity contribution is 5.87. The molecule has 3 saturated heterocycles. The SMILES string of the molecule is CC1(C)C(CN2CCCCC2)C(=O)C(CN2CCCCC2)C(C)(C)N1O. The Kier molecular flexibility index (Phi) is 6.12. The van der Waals surface area contributed by atoms with Crippen LogP contribution < -0.4 is 0 Å². The highest BCUT2D eigenvalue weighted by atomic mass is 16.5. The molecule has 0 aliphatic carbocycles. The predicted octanol–water partition coefficient (Wildman–Crippen LogP) is 3.02. The summed E-state index contributed by atoms with van der Waals surface area (Å²) in [5.74, 6) is 0.100. The molecule has 3 aliphatic heterocycles. The van der Waals surface area contributed by atoms with Gasteiger partial charge in [-0.2, -0.15) is 5.06 Å². The number of Topliss-reactive ketones (excluding diaryl/α,β-unsaturated/α-hetero) is 1. The number of likely N-dealkylation sites (tertiary alicyclic amines) is 2. The van der Waals surface area contributed by atoms with Gasteiger partial charge in [-0.25, -0.2) is 0 Å². The third-order valence-electron chi connectivity index (χ3n) is 7.26. The molecule has 0 saturated carbocycles. The Balaban J connectivity index is 1.79. The molecule has 150 valence electrons. The number of hydrogen-bond donors (Lipinski definition) is 1. The average Bonchev–Trinajstić information content (AvgIpc) is 2.63. The summed E-state index contributed by atoms with van der Waals surface area (Å²) in [6.45, 7) is 14.1. The molecule has 0 spiro atoms. The van der Waals surface area contributed by atoms with Crippen LogP contribution in [0.4, 0.5) is 0 Å². The van der Waals surface area contributed by atoms with Crippen LogP contribution in [0.15, 0.2) is 0 Å². The van der Waals surface area contributed by atoms with Crippen LogP contribution in [0.2, 0.25) is 0 Å². The van der Waals surface area contributed by atoms with Gasteiger partial charge in [0.25, 0.3) is 0 Å². The minimum Gasteiger partial charge on any atom is -0.313 e. The van der Waals surface area contributed by atoms with Gasteiger partial charge in [0.2, 0.25) is 0 Å². The van der Waals surface area contributed by atoms with Crippen molar-refractivity contribution < 1.29 is 10.0 Å². The van der Waals surface area contributed by atoms with E-state index in [1.165, 1.54) is 43.6 Å². The molecule has 3 fully saturated rings. The van der Waals surface area contributed by atoms with Gasteiger partial charge in [0, 0.05) is 13.1 Å². The molecule has 0 bridgehead atoms. The van der Waals surface area contributed by atoms with E-state index >= 15 is 0 Å². The maximum Gasteiger partial charge on any atom is 0.145 e. The van der Waals surface area contributed by atoms with Crippen molar-refractivity contribution in [1.29, 1.82) is 0 Å². The quantitative estimate of drug-likeness (QED) is 0.830. The highest BCUT2D eigenvalue weighted by Crippen LogP contribution is 2.43. The topological polar surface area (TPSA) is 47.0 Å². The first kappa shape index (κ1) is 20.2. The number of nitrogens with zero attached hydrogens (tertiary/aromatic N) is 3. The molecule has 26 heavy (non-hydrogen) atoms. The molecule has 0 aromatic carbocycles. The summed E-state index contributed by atoms with van der Waals surface area (Å²) in [5.41, 5.74) is -1.06. The number of carbonyl (C=O) groups is 1. The van der Waals surface area contributed by atoms with Gasteiger partial charge in [-0.3, -0.25) is 4.79 Å². The number of rotatable bonds is 4. The number of piperidine rings is 3. The molecule has 5 nitrogen and oxygen atoms in total. The molecular weight excluding hydrogens is 326 g/mol. The van der Waals surface area contributed by atoms with E-state index in [1.54, 1.807) is 0 Å². The smallest absolute Gasteiger partial charge is 0.145 e. The van der Waals surface area contributed by atoms with Crippen molar-refractivity contribution in [2.24, 2.45) is 11.8 Å². The molecule has 0 aromatic heterocycles. The van der Waals surface area contributed by atoms with Gasteiger partial charge in [-0.15, -0.1) is 0 Å². The number of carbonyl (C=O) groups excluding carboxylic acids is 1. The van der Waals surface area contributed by atoms with E-state index in [0.29, 0.717) is 5.78 Å². The highest BCUT2D eigenvalue weighted by Gasteiger charge is 2.57. The van der Waals surface area contributed by atoms with Gasteiger partial charge in [-0.05, 0) is 79.6 Å². The van der Waals surface area contributed by atoms with E-state index in [9.17, 15) is 10.0 Å². The van der Waals surface area contributed by atoms with Gasteiger partial charge in [0.15, 0.2) is 0 Å². The van der Waals surface area contributed by atoms with E-state index in [1.807, 2.05) is 27.7 Å². The van der Waals surface area contributed by atoms with Crippen molar-refractivity contribution in [2.75, 3.05) is 39.3 Å². The van der Waals surface area contributed by atoms with Crippen LogP contribution >= 0.6 is 0 Å². The molecule has 3 rings (SSSR count). The largest absolute Gasteiger partial charge is 0.313 e. The fourth-order valence-electron chi connectivity index (χ4n) is 5.40. The zero-order chi connectivity index (χ0) is 18.9. The summed E-state index contributed by atoms with van der Waals surface area (Å²) in [6.07, 6.45) is 7.52. The minimum atomic E-state index is -0.531. The summed E-state index contributed by atoms with van der Waals surface area (Å²) in [6, 6.07) is 0.